The number of carbonyl (C=O) groups excluding carboxylic acids is 3. The predicted molar refractivity (Wildman–Crippen MR) is 79.5 cm³/mol. The minimum atomic E-state index is -0.221. The van der Waals surface area contributed by atoms with E-state index >= 15 is 0 Å². The molecule has 0 unspecified atom stereocenters. The van der Waals surface area contributed by atoms with Gasteiger partial charge in [-0.05, 0) is 44.7 Å². The number of ketones is 1. The highest BCUT2D eigenvalue weighted by Gasteiger charge is 2.22. The van der Waals surface area contributed by atoms with E-state index in [1.807, 2.05) is 0 Å². The van der Waals surface area contributed by atoms with Crippen LogP contribution in [0.2, 0.25) is 0 Å². The number of amides is 2. The second-order valence-electron chi connectivity index (χ2n) is 5.91. The SMILES string of the molecule is O=C(CCCCCN1C(=O)C=CC1=O)CC[C@H]1CCNC1. The Balaban J connectivity index is 1.48. The molecule has 0 aromatic heterocycles. The number of imide groups is 1. The maximum Gasteiger partial charge on any atom is 0.253 e. The third-order valence-electron chi connectivity index (χ3n) is 4.23. The summed E-state index contributed by atoms with van der Waals surface area (Å²) in [6.07, 6.45) is 8.65. The van der Waals surface area contributed by atoms with Gasteiger partial charge in [0.25, 0.3) is 11.8 Å². The van der Waals surface area contributed by atoms with Gasteiger partial charge in [0.1, 0.15) is 5.78 Å². The van der Waals surface area contributed by atoms with Crippen LogP contribution in [0.15, 0.2) is 12.2 Å². The lowest BCUT2D eigenvalue weighted by Crippen LogP contribution is -2.30. The highest BCUT2D eigenvalue weighted by molar-refractivity contribution is 6.12. The quantitative estimate of drug-likeness (QED) is 0.516. The van der Waals surface area contributed by atoms with Gasteiger partial charge in [0.05, 0.1) is 0 Å². The van der Waals surface area contributed by atoms with E-state index in [4.69, 9.17) is 0 Å². The summed E-state index contributed by atoms with van der Waals surface area (Å²) in [5.41, 5.74) is 0. The summed E-state index contributed by atoms with van der Waals surface area (Å²) in [4.78, 5) is 35.7. The fraction of sp³-hybridized carbons (Fsp3) is 0.688. The van der Waals surface area contributed by atoms with E-state index in [1.165, 1.54) is 23.5 Å². The van der Waals surface area contributed by atoms with E-state index in [2.05, 4.69) is 5.32 Å². The van der Waals surface area contributed by atoms with Crippen molar-refractivity contribution < 1.29 is 14.4 Å². The molecule has 0 radical (unpaired) electrons. The topological polar surface area (TPSA) is 66.5 Å². The summed E-state index contributed by atoms with van der Waals surface area (Å²) in [5, 5.41) is 3.31. The molecular weight excluding hydrogens is 268 g/mol. The molecule has 1 saturated heterocycles. The molecule has 5 nitrogen and oxygen atoms in total. The summed E-state index contributed by atoms with van der Waals surface area (Å²) in [7, 11) is 0. The van der Waals surface area contributed by atoms with Gasteiger partial charge in [-0.1, -0.05) is 6.42 Å². The van der Waals surface area contributed by atoms with Crippen molar-refractivity contribution in [2.75, 3.05) is 19.6 Å². The van der Waals surface area contributed by atoms with Crippen molar-refractivity contribution in [2.45, 2.75) is 44.9 Å². The van der Waals surface area contributed by atoms with E-state index in [9.17, 15) is 14.4 Å². The Hall–Kier alpha value is -1.49. The van der Waals surface area contributed by atoms with Crippen molar-refractivity contribution >= 4 is 17.6 Å². The van der Waals surface area contributed by atoms with Crippen molar-refractivity contribution in [3.05, 3.63) is 12.2 Å². The molecule has 2 rings (SSSR count). The molecule has 2 heterocycles. The van der Waals surface area contributed by atoms with Crippen molar-refractivity contribution in [3.63, 3.8) is 0 Å². The molecule has 1 N–H and O–H groups in total. The minimum Gasteiger partial charge on any atom is -0.316 e. The van der Waals surface area contributed by atoms with Crippen LogP contribution in [0.3, 0.4) is 0 Å². The van der Waals surface area contributed by atoms with Gasteiger partial charge in [0.2, 0.25) is 0 Å². The molecule has 116 valence electrons. The molecule has 0 aromatic rings. The fourth-order valence-corrected chi connectivity index (χ4v) is 2.87. The first-order chi connectivity index (χ1) is 10.2. The molecule has 2 aliphatic rings. The number of hydrogen-bond acceptors (Lipinski definition) is 4. The van der Waals surface area contributed by atoms with Crippen LogP contribution in [0.25, 0.3) is 0 Å². The summed E-state index contributed by atoms with van der Waals surface area (Å²) in [6.45, 7) is 2.60. The number of rotatable bonds is 9. The molecule has 0 aliphatic carbocycles. The van der Waals surface area contributed by atoms with Crippen LogP contribution in [0.5, 0.6) is 0 Å². The molecule has 0 saturated carbocycles. The van der Waals surface area contributed by atoms with Crippen LogP contribution in [-0.2, 0) is 14.4 Å². The lowest BCUT2D eigenvalue weighted by molar-refractivity contribution is -0.136. The second kappa shape index (κ2) is 8.08. The van der Waals surface area contributed by atoms with Gasteiger partial charge in [-0.15, -0.1) is 0 Å². The van der Waals surface area contributed by atoms with Gasteiger partial charge in [-0.25, -0.2) is 0 Å². The van der Waals surface area contributed by atoms with E-state index < -0.39 is 0 Å². The summed E-state index contributed by atoms with van der Waals surface area (Å²) < 4.78 is 0. The Morgan fingerprint density at radius 3 is 2.57 bits per heavy atom. The first-order valence-corrected chi connectivity index (χ1v) is 7.93. The zero-order chi connectivity index (χ0) is 15.1. The number of nitrogens with one attached hydrogen (secondary N) is 1. The van der Waals surface area contributed by atoms with Crippen LogP contribution in [-0.4, -0.2) is 42.1 Å². The van der Waals surface area contributed by atoms with Gasteiger partial charge in [0, 0.05) is 31.5 Å². The van der Waals surface area contributed by atoms with Gasteiger partial charge < -0.3 is 5.32 Å². The third-order valence-corrected chi connectivity index (χ3v) is 4.23. The number of unbranched alkanes of at least 4 members (excludes halogenated alkanes) is 2. The Kier molecular flexibility index (Phi) is 6.11. The molecular formula is C16H24N2O3. The van der Waals surface area contributed by atoms with Crippen molar-refractivity contribution in [1.29, 1.82) is 0 Å². The summed E-state index contributed by atoms with van der Waals surface area (Å²) in [6, 6.07) is 0. The zero-order valence-corrected chi connectivity index (χ0v) is 12.5. The maximum absolute atomic E-state index is 11.8. The van der Waals surface area contributed by atoms with E-state index in [-0.39, 0.29) is 11.8 Å². The highest BCUT2D eigenvalue weighted by Crippen LogP contribution is 2.16. The monoisotopic (exact) mass is 292 g/mol. The van der Waals surface area contributed by atoms with Gasteiger partial charge in [-0.2, -0.15) is 0 Å². The molecule has 5 heteroatoms. The predicted octanol–water partition coefficient (Wildman–Crippen LogP) is 1.43. The highest BCUT2D eigenvalue weighted by atomic mass is 16.2. The maximum atomic E-state index is 11.8. The van der Waals surface area contributed by atoms with E-state index in [0.29, 0.717) is 31.1 Å². The van der Waals surface area contributed by atoms with E-state index in [1.54, 1.807) is 0 Å². The van der Waals surface area contributed by atoms with Crippen molar-refractivity contribution in [2.24, 2.45) is 5.92 Å². The third kappa shape index (κ3) is 5.08. The summed E-state index contributed by atoms with van der Waals surface area (Å²) >= 11 is 0. The molecule has 0 aromatic carbocycles. The average Bonchev–Trinajstić information content (AvgIpc) is 3.09. The lowest BCUT2D eigenvalue weighted by Gasteiger charge is -2.13. The van der Waals surface area contributed by atoms with Crippen LogP contribution >= 0.6 is 0 Å². The van der Waals surface area contributed by atoms with Gasteiger partial charge in [0.15, 0.2) is 0 Å². The largest absolute Gasteiger partial charge is 0.316 e. The number of hydrogen-bond donors (Lipinski definition) is 1. The molecule has 1 atom stereocenters. The molecule has 2 aliphatic heterocycles. The standard InChI is InChI=1S/C16H24N2O3/c19-14(6-5-13-9-10-17-12-13)4-2-1-3-11-18-15(20)7-8-16(18)21/h7-8,13,17H,1-6,9-12H2/t13-/m0/s1. The van der Waals surface area contributed by atoms with Crippen LogP contribution in [0.1, 0.15) is 44.9 Å². The number of Topliss-reactive ketones (excluding diaryl/α,β-unsaturated/α-hetero) is 1. The minimum absolute atomic E-state index is 0.221. The van der Waals surface area contributed by atoms with Crippen LogP contribution < -0.4 is 5.32 Å². The number of carbonyl (C=O) groups is 3. The molecule has 0 bridgehead atoms. The zero-order valence-electron chi connectivity index (χ0n) is 12.5. The average molecular weight is 292 g/mol. The van der Waals surface area contributed by atoms with E-state index in [0.717, 1.165) is 38.8 Å². The Morgan fingerprint density at radius 2 is 1.90 bits per heavy atom. The number of nitrogens with zero attached hydrogens (tertiary/aromatic N) is 1. The first-order valence-electron chi connectivity index (χ1n) is 7.93. The fourth-order valence-electron chi connectivity index (χ4n) is 2.87. The molecule has 0 spiro atoms. The van der Waals surface area contributed by atoms with Gasteiger partial charge >= 0.3 is 0 Å². The van der Waals surface area contributed by atoms with Gasteiger partial charge in [-0.3, -0.25) is 19.3 Å². The lowest BCUT2D eigenvalue weighted by atomic mass is 9.99. The summed E-state index contributed by atoms with van der Waals surface area (Å²) in [5.74, 6) is 0.577. The molecule has 2 amide bonds. The Labute approximate surface area is 125 Å². The van der Waals surface area contributed by atoms with Crippen LogP contribution in [0, 0.1) is 5.92 Å². The second-order valence-corrected chi connectivity index (χ2v) is 5.91. The van der Waals surface area contributed by atoms with Crippen molar-refractivity contribution in [1.82, 2.24) is 10.2 Å². The first kappa shape index (κ1) is 15.9. The Morgan fingerprint density at radius 1 is 1.14 bits per heavy atom. The normalized spacial score (nSPS) is 21.5. The smallest absolute Gasteiger partial charge is 0.253 e. The Bertz CT molecular complexity index is 407. The molecule has 1 fully saturated rings. The molecule has 21 heavy (non-hydrogen) atoms. The van der Waals surface area contributed by atoms with Crippen molar-refractivity contribution in [3.8, 4) is 0 Å². The van der Waals surface area contributed by atoms with Crippen LogP contribution in [0.4, 0.5) is 0 Å².